The van der Waals surface area contributed by atoms with Crippen molar-refractivity contribution in [1.82, 2.24) is 9.62 Å². The van der Waals surface area contributed by atoms with Crippen LogP contribution in [-0.4, -0.2) is 39.6 Å². The number of rotatable bonds is 8. The summed E-state index contributed by atoms with van der Waals surface area (Å²) in [6, 6.07) is 7.41. The summed E-state index contributed by atoms with van der Waals surface area (Å²) in [5.41, 5.74) is 2.07. The van der Waals surface area contributed by atoms with Gasteiger partial charge in [0, 0.05) is 12.6 Å². The van der Waals surface area contributed by atoms with Gasteiger partial charge in [0.2, 0.25) is 10.0 Å². The van der Waals surface area contributed by atoms with Gasteiger partial charge in [0.05, 0.1) is 6.61 Å². The second-order valence-electron chi connectivity index (χ2n) is 6.55. The van der Waals surface area contributed by atoms with E-state index in [2.05, 4.69) is 21.1 Å². The molecule has 1 atom stereocenters. The van der Waals surface area contributed by atoms with Gasteiger partial charge in [0.25, 0.3) is 0 Å². The molecule has 2 aromatic rings. The predicted octanol–water partition coefficient (Wildman–Crippen LogP) is 3.57. The third kappa shape index (κ3) is 4.46. The molecule has 3 rings (SSSR count). The maximum atomic E-state index is 13.0. The predicted molar refractivity (Wildman–Crippen MR) is 105 cm³/mol. The van der Waals surface area contributed by atoms with Crippen molar-refractivity contribution < 1.29 is 13.2 Å². The highest BCUT2D eigenvalue weighted by Crippen LogP contribution is 2.28. The van der Waals surface area contributed by atoms with Crippen LogP contribution in [0.4, 0.5) is 0 Å². The Hall–Kier alpha value is -1.41. The number of hydrogen-bond acceptors (Lipinski definition) is 5. The maximum absolute atomic E-state index is 13.0. The van der Waals surface area contributed by atoms with Gasteiger partial charge in [-0.25, -0.2) is 13.1 Å². The molecule has 0 bridgehead atoms. The Morgan fingerprint density at radius 2 is 2.04 bits per heavy atom. The van der Waals surface area contributed by atoms with Gasteiger partial charge in [-0.1, -0.05) is 6.07 Å². The molecule has 1 fully saturated rings. The molecule has 1 N–H and O–H groups in total. The second-order valence-corrected chi connectivity index (χ2v) is 9.07. The first-order valence-corrected chi connectivity index (χ1v) is 11.4. The van der Waals surface area contributed by atoms with Crippen LogP contribution in [0.2, 0.25) is 0 Å². The van der Waals surface area contributed by atoms with E-state index >= 15 is 0 Å². The molecule has 7 heteroatoms. The number of aryl methyl sites for hydroxylation is 1. The van der Waals surface area contributed by atoms with Crippen LogP contribution in [-0.2, 0) is 10.0 Å². The summed E-state index contributed by atoms with van der Waals surface area (Å²) in [5, 5.41) is 4.15. The molecule has 26 heavy (non-hydrogen) atoms. The quantitative estimate of drug-likeness (QED) is 0.744. The van der Waals surface area contributed by atoms with Crippen LogP contribution in [0, 0.1) is 6.92 Å². The van der Waals surface area contributed by atoms with Crippen LogP contribution in [0.25, 0.3) is 0 Å². The Labute approximate surface area is 160 Å². The Bertz CT molecular complexity index is 813. The van der Waals surface area contributed by atoms with E-state index in [1.54, 1.807) is 23.5 Å². The number of likely N-dealkylation sites (tertiary alicyclic amines) is 1. The van der Waals surface area contributed by atoms with Gasteiger partial charge in [0.1, 0.15) is 10.6 Å². The number of thiophene rings is 1. The Morgan fingerprint density at radius 1 is 1.27 bits per heavy atom. The standard InChI is InChI=1S/C19H26N2O3S2/c1-3-24-18-7-6-15(2)12-19(18)26(22,23)20-13-17(16-8-11-25-14-16)21-9-4-5-10-21/h6-8,11-12,14,17,20H,3-5,9-10,13H2,1-2H3. The van der Waals surface area contributed by atoms with E-state index in [1.165, 1.54) is 18.4 Å². The van der Waals surface area contributed by atoms with Crippen molar-refractivity contribution in [2.45, 2.75) is 37.6 Å². The molecular weight excluding hydrogens is 368 g/mol. The highest BCUT2D eigenvalue weighted by Gasteiger charge is 2.27. The van der Waals surface area contributed by atoms with Crippen LogP contribution < -0.4 is 9.46 Å². The molecule has 1 aromatic heterocycles. The van der Waals surface area contributed by atoms with Gasteiger partial charge >= 0.3 is 0 Å². The lowest BCUT2D eigenvalue weighted by atomic mass is 10.1. The molecule has 1 unspecified atom stereocenters. The van der Waals surface area contributed by atoms with E-state index in [9.17, 15) is 8.42 Å². The minimum Gasteiger partial charge on any atom is -0.492 e. The van der Waals surface area contributed by atoms with Crippen molar-refractivity contribution >= 4 is 21.4 Å². The van der Waals surface area contributed by atoms with Crippen LogP contribution >= 0.6 is 11.3 Å². The molecular formula is C19H26N2O3S2. The molecule has 0 aliphatic carbocycles. The Morgan fingerprint density at radius 3 is 2.69 bits per heavy atom. The van der Waals surface area contributed by atoms with Crippen molar-refractivity contribution in [3.05, 3.63) is 46.2 Å². The first-order valence-electron chi connectivity index (χ1n) is 9.00. The first kappa shape index (κ1) is 19.4. The zero-order chi connectivity index (χ0) is 18.6. The molecule has 1 aliphatic heterocycles. The van der Waals surface area contributed by atoms with Crippen molar-refractivity contribution in [1.29, 1.82) is 0 Å². The molecule has 142 valence electrons. The topological polar surface area (TPSA) is 58.6 Å². The number of benzene rings is 1. The van der Waals surface area contributed by atoms with Crippen molar-refractivity contribution in [2.75, 3.05) is 26.2 Å². The number of nitrogens with zero attached hydrogens (tertiary/aromatic N) is 1. The number of ether oxygens (including phenoxy) is 1. The maximum Gasteiger partial charge on any atom is 0.244 e. The van der Waals surface area contributed by atoms with Crippen LogP contribution in [0.3, 0.4) is 0 Å². The number of sulfonamides is 1. The smallest absolute Gasteiger partial charge is 0.244 e. The fraction of sp³-hybridized carbons (Fsp3) is 0.474. The van der Waals surface area contributed by atoms with Gasteiger partial charge in [-0.15, -0.1) is 0 Å². The van der Waals surface area contributed by atoms with Gasteiger partial charge in [-0.2, -0.15) is 11.3 Å². The SMILES string of the molecule is CCOc1ccc(C)cc1S(=O)(=O)NCC(c1ccsc1)N1CCCC1. The van der Waals surface area contributed by atoms with Gasteiger partial charge in [-0.3, -0.25) is 4.90 Å². The lowest BCUT2D eigenvalue weighted by Crippen LogP contribution is -2.36. The molecule has 0 amide bonds. The number of nitrogens with one attached hydrogen (secondary N) is 1. The monoisotopic (exact) mass is 394 g/mol. The Kier molecular flexibility index (Phi) is 6.34. The second kappa shape index (κ2) is 8.52. The third-order valence-corrected chi connectivity index (χ3v) is 6.81. The Balaban J connectivity index is 1.81. The normalized spacial score (nSPS) is 16.7. The lowest BCUT2D eigenvalue weighted by Gasteiger charge is -2.27. The fourth-order valence-corrected chi connectivity index (χ4v) is 5.31. The minimum absolute atomic E-state index is 0.0684. The fourth-order valence-electron chi connectivity index (χ4n) is 3.34. The summed E-state index contributed by atoms with van der Waals surface area (Å²) < 4.78 is 34.3. The van der Waals surface area contributed by atoms with E-state index < -0.39 is 10.0 Å². The highest BCUT2D eigenvalue weighted by atomic mass is 32.2. The molecule has 1 aliphatic rings. The van der Waals surface area contributed by atoms with Crippen molar-refractivity contribution in [3.63, 3.8) is 0 Å². The summed E-state index contributed by atoms with van der Waals surface area (Å²) >= 11 is 1.64. The first-order chi connectivity index (χ1) is 12.5. The summed E-state index contributed by atoms with van der Waals surface area (Å²) in [6.07, 6.45) is 2.33. The van der Waals surface area contributed by atoms with Crippen molar-refractivity contribution in [2.24, 2.45) is 0 Å². The minimum atomic E-state index is -3.65. The molecule has 2 heterocycles. The number of hydrogen-bond donors (Lipinski definition) is 1. The zero-order valence-corrected chi connectivity index (χ0v) is 16.9. The average Bonchev–Trinajstić information content (AvgIpc) is 3.31. The zero-order valence-electron chi connectivity index (χ0n) is 15.3. The highest BCUT2D eigenvalue weighted by molar-refractivity contribution is 7.89. The van der Waals surface area contributed by atoms with Crippen LogP contribution in [0.5, 0.6) is 5.75 Å². The summed E-state index contributed by atoms with van der Waals surface area (Å²) in [4.78, 5) is 2.58. The molecule has 1 saturated heterocycles. The summed E-state index contributed by atoms with van der Waals surface area (Å²) in [6.45, 7) is 6.54. The average molecular weight is 395 g/mol. The van der Waals surface area contributed by atoms with E-state index in [4.69, 9.17) is 4.74 Å². The molecule has 0 spiro atoms. The van der Waals surface area contributed by atoms with E-state index in [-0.39, 0.29) is 10.9 Å². The molecule has 1 aromatic carbocycles. The van der Waals surface area contributed by atoms with Gasteiger partial charge in [-0.05, 0) is 79.9 Å². The van der Waals surface area contributed by atoms with E-state index in [0.717, 1.165) is 18.7 Å². The third-order valence-electron chi connectivity index (χ3n) is 4.66. The van der Waals surface area contributed by atoms with Crippen molar-refractivity contribution in [3.8, 4) is 5.75 Å². The molecule has 0 radical (unpaired) electrons. The summed E-state index contributed by atoms with van der Waals surface area (Å²) in [7, 11) is -3.65. The van der Waals surface area contributed by atoms with E-state index in [1.807, 2.05) is 25.3 Å². The van der Waals surface area contributed by atoms with Gasteiger partial charge in [0.15, 0.2) is 0 Å². The summed E-state index contributed by atoms with van der Waals surface area (Å²) in [5.74, 6) is 0.402. The van der Waals surface area contributed by atoms with Crippen LogP contribution in [0.1, 0.15) is 36.9 Å². The van der Waals surface area contributed by atoms with E-state index in [0.29, 0.717) is 18.9 Å². The molecule has 5 nitrogen and oxygen atoms in total. The van der Waals surface area contributed by atoms with Gasteiger partial charge < -0.3 is 4.74 Å². The lowest BCUT2D eigenvalue weighted by molar-refractivity contribution is 0.247. The molecule has 0 saturated carbocycles. The van der Waals surface area contributed by atoms with Crippen LogP contribution in [0.15, 0.2) is 39.9 Å². The largest absolute Gasteiger partial charge is 0.492 e.